The number of allylic oxidation sites excluding steroid dienone is 1. The number of hydrogen-bond acceptors (Lipinski definition) is 5. The molecule has 28 heavy (non-hydrogen) atoms. The Balaban J connectivity index is 1.62. The van der Waals surface area contributed by atoms with Crippen LogP contribution >= 0.6 is 22.9 Å². The van der Waals surface area contributed by atoms with Crippen LogP contribution < -0.4 is 9.47 Å². The summed E-state index contributed by atoms with van der Waals surface area (Å²) in [6.45, 7) is 3.77. The van der Waals surface area contributed by atoms with Crippen LogP contribution in [-0.2, 0) is 0 Å². The maximum Gasteiger partial charge on any atom is 0.343 e. The Morgan fingerprint density at radius 3 is 2.68 bits per heavy atom. The third-order valence-electron chi connectivity index (χ3n) is 4.38. The van der Waals surface area contributed by atoms with E-state index in [1.165, 1.54) is 6.07 Å². The second-order valence-corrected chi connectivity index (χ2v) is 7.80. The summed E-state index contributed by atoms with van der Waals surface area (Å²) < 4.78 is 11.2. The average molecular weight is 411 g/mol. The molecule has 0 atom stereocenters. The van der Waals surface area contributed by atoms with Gasteiger partial charge in [-0.25, -0.2) is 4.79 Å². The number of carbonyl (C=O) groups is 2. The van der Waals surface area contributed by atoms with Crippen LogP contribution in [0.2, 0.25) is 5.02 Å². The first-order chi connectivity index (χ1) is 13.4. The topological polar surface area (TPSA) is 52.6 Å². The monoisotopic (exact) mass is 410 g/mol. The lowest BCUT2D eigenvalue weighted by Gasteiger charge is -2.08. The third kappa shape index (κ3) is 3.46. The highest BCUT2D eigenvalue weighted by Gasteiger charge is 2.30. The fraction of sp³-hybridized carbons (Fsp3) is 0.0909. The van der Waals surface area contributed by atoms with Gasteiger partial charge in [0.1, 0.15) is 11.5 Å². The molecule has 0 bridgehead atoms. The number of esters is 1. The van der Waals surface area contributed by atoms with E-state index in [1.807, 2.05) is 18.4 Å². The molecule has 1 aromatic heterocycles. The number of hydrogen-bond donors (Lipinski definition) is 0. The first kappa shape index (κ1) is 18.5. The minimum Gasteiger partial charge on any atom is -0.452 e. The predicted molar refractivity (Wildman–Crippen MR) is 110 cm³/mol. The highest BCUT2D eigenvalue weighted by Crippen LogP contribution is 2.38. The van der Waals surface area contributed by atoms with Crippen molar-refractivity contribution in [1.29, 1.82) is 0 Å². The second-order valence-electron chi connectivity index (χ2n) is 6.42. The number of thiophene rings is 1. The largest absolute Gasteiger partial charge is 0.452 e. The molecule has 0 fully saturated rings. The van der Waals surface area contributed by atoms with E-state index in [0.29, 0.717) is 33.2 Å². The Morgan fingerprint density at radius 1 is 1.14 bits per heavy atom. The van der Waals surface area contributed by atoms with E-state index in [2.05, 4.69) is 0 Å². The molecule has 0 amide bonds. The fourth-order valence-electron chi connectivity index (χ4n) is 2.97. The molecule has 0 radical (unpaired) electrons. The van der Waals surface area contributed by atoms with Crippen LogP contribution in [0.1, 0.15) is 36.7 Å². The number of rotatable bonds is 3. The van der Waals surface area contributed by atoms with Crippen molar-refractivity contribution in [3.63, 3.8) is 0 Å². The summed E-state index contributed by atoms with van der Waals surface area (Å²) >= 11 is 7.47. The van der Waals surface area contributed by atoms with Gasteiger partial charge >= 0.3 is 5.97 Å². The molecule has 0 aliphatic carbocycles. The zero-order chi connectivity index (χ0) is 19.8. The number of carbonyl (C=O) groups excluding carboxylic acids is 2. The van der Waals surface area contributed by atoms with Crippen molar-refractivity contribution in [2.75, 3.05) is 0 Å². The molecule has 0 spiro atoms. The number of halogens is 1. The van der Waals surface area contributed by atoms with Crippen molar-refractivity contribution in [3.05, 3.63) is 85.8 Å². The molecule has 4 nitrogen and oxygen atoms in total. The highest BCUT2D eigenvalue weighted by atomic mass is 35.5. The van der Waals surface area contributed by atoms with E-state index in [0.717, 1.165) is 10.4 Å². The number of Topliss-reactive ketones (excluding diaryl/α,β-unsaturated/α-hetero) is 1. The van der Waals surface area contributed by atoms with Crippen molar-refractivity contribution in [3.8, 4) is 11.5 Å². The zero-order valence-corrected chi connectivity index (χ0v) is 16.7. The summed E-state index contributed by atoms with van der Waals surface area (Å²) in [5.41, 5.74) is 2.60. The summed E-state index contributed by atoms with van der Waals surface area (Å²) in [5, 5.41) is 2.42. The summed E-state index contributed by atoms with van der Waals surface area (Å²) in [6, 6.07) is 11.7. The van der Waals surface area contributed by atoms with Crippen molar-refractivity contribution in [2.24, 2.45) is 0 Å². The van der Waals surface area contributed by atoms with Crippen molar-refractivity contribution in [2.45, 2.75) is 13.8 Å². The lowest BCUT2D eigenvalue weighted by atomic mass is 10.0. The first-order valence-electron chi connectivity index (χ1n) is 8.53. The van der Waals surface area contributed by atoms with Gasteiger partial charge in [0.05, 0.1) is 11.1 Å². The lowest BCUT2D eigenvalue weighted by molar-refractivity contribution is 0.0734. The summed E-state index contributed by atoms with van der Waals surface area (Å²) in [7, 11) is 0. The molecule has 0 saturated carbocycles. The quantitative estimate of drug-likeness (QED) is 0.308. The van der Waals surface area contributed by atoms with Gasteiger partial charge in [-0.05, 0) is 60.7 Å². The van der Waals surface area contributed by atoms with Gasteiger partial charge in [0.15, 0.2) is 5.76 Å². The normalized spacial score (nSPS) is 14.1. The summed E-state index contributed by atoms with van der Waals surface area (Å²) in [5.74, 6) is 0.257. The van der Waals surface area contributed by atoms with E-state index < -0.39 is 5.97 Å². The molecule has 0 saturated heterocycles. The third-order valence-corrected chi connectivity index (χ3v) is 5.58. The van der Waals surface area contributed by atoms with Gasteiger partial charge in [-0.2, -0.15) is 0 Å². The van der Waals surface area contributed by atoms with Gasteiger partial charge in [-0.3, -0.25) is 4.79 Å². The minimum absolute atomic E-state index is 0.173. The molecular formula is C22H15ClO4S. The predicted octanol–water partition coefficient (Wildman–Crippen LogP) is 5.85. The van der Waals surface area contributed by atoms with Crippen LogP contribution in [0.3, 0.4) is 0 Å². The Kier molecular flexibility index (Phi) is 4.79. The smallest absolute Gasteiger partial charge is 0.343 e. The van der Waals surface area contributed by atoms with Crippen LogP contribution in [0, 0.1) is 13.8 Å². The number of fused-ring (bicyclic) bond motifs is 1. The standard InChI is InChI=1S/C22H15ClO4S/c1-12-6-7-28-19(12)11-18-21(24)20-13(2)8-16(10-17(20)27-18)26-22(25)14-4-3-5-15(23)9-14/h3-11H,1-2H3/b18-11-. The molecule has 6 heteroatoms. The number of ketones is 1. The molecule has 140 valence electrons. The Morgan fingerprint density at radius 2 is 1.96 bits per heavy atom. The number of benzene rings is 2. The number of ether oxygens (including phenoxy) is 2. The molecule has 1 aliphatic rings. The molecule has 2 heterocycles. The van der Waals surface area contributed by atoms with Crippen LogP contribution in [0.5, 0.6) is 11.5 Å². The zero-order valence-electron chi connectivity index (χ0n) is 15.1. The molecule has 4 rings (SSSR count). The fourth-order valence-corrected chi connectivity index (χ4v) is 4.01. The van der Waals surface area contributed by atoms with Crippen molar-refractivity contribution >= 4 is 40.8 Å². The van der Waals surface area contributed by atoms with Crippen molar-refractivity contribution < 1.29 is 19.1 Å². The van der Waals surface area contributed by atoms with Gasteiger partial charge < -0.3 is 9.47 Å². The Hall–Kier alpha value is -2.89. The average Bonchev–Trinajstić information content (AvgIpc) is 3.19. The Bertz CT molecular complexity index is 1140. The minimum atomic E-state index is -0.531. The molecule has 2 aromatic carbocycles. The molecule has 0 unspecified atom stereocenters. The first-order valence-corrected chi connectivity index (χ1v) is 9.79. The van der Waals surface area contributed by atoms with Gasteiger partial charge in [0.2, 0.25) is 5.78 Å². The maximum atomic E-state index is 12.7. The summed E-state index contributed by atoms with van der Waals surface area (Å²) in [4.78, 5) is 26.1. The second kappa shape index (κ2) is 7.26. The van der Waals surface area contributed by atoms with E-state index in [1.54, 1.807) is 54.7 Å². The lowest BCUT2D eigenvalue weighted by Crippen LogP contribution is -2.08. The van der Waals surface area contributed by atoms with Crippen LogP contribution in [-0.4, -0.2) is 11.8 Å². The number of aryl methyl sites for hydroxylation is 2. The molecule has 0 N–H and O–H groups in total. The Labute approximate surface area is 171 Å². The van der Waals surface area contributed by atoms with Gasteiger partial charge in [0.25, 0.3) is 0 Å². The van der Waals surface area contributed by atoms with E-state index in [-0.39, 0.29) is 11.5 Å². The van der Waals surface area contributed by atoms with E-state index >= 15 is 0 Å². The molecule has 1 aliphatic heterocycles. The van der Waals surface area contributed by atoms with Crippen LogP contribution in [0.25, 0.3) is 6.08 Å². The van der Waals surface area contributed by atoms with Crippen LogP contribution in [0.4, 0.5) is 0 Å². The summed E-state index contributed by atoms with van der Waals surface area (Å²) in [6.07, 6.45) is 1.75. The van der Waals surface area contributed by atoms with Crippen LogP contribution in [0.15, 0.2) is 53.6 Å². The van der Waals surface area contributed by atoms with Gasteiger partial charge in [0, 0.05) is 22.0 Å². The van der Waals surface area contributed by atoms with Gasteiger partial charge in [-0.1, -0.05) is 17.7 Å². The molecular weight excluding hydrogens is 396 g/mol. The molecule has 3 aromatic rings. The van der Waals surface area contributed by atoms with E-state index in [9.17, 15) is 9.59 Å². The highest BCUT2D eigenvalue weighted by molar-refractivity contribution is 7.11. The SMILES string of the molecule is Cc1ccsc1/C=C1\Oc2cc(OC(=O)c3cccc(Cl)c3)cc(C)c2C1=O. The van der Waals surface area contributed by atoms with E-state index in [4.69, 9.17) is 21.1 Å². The van der Waals surface area contributed by atoms with Gasteiger partial charge in [-0.15, -0.1) is 11.3 Å². The maximum absolute atomic E-state index is 12.7. The van der Waals surface area contributed by atoms with Crippen molar-refractivity contribution in [1.82, 2.24) is 0 Å².